The second kappa shape index (κ2) is 10.5. The average molecular weight is 676 g/mol. The highest BCUT2D eigenvalue weighted by Crippen LogP contribution is 2.93. The van der Waals surface area contributed by atoms with Crippen LogP contribution in [0.3, 0.4) is 0 Å². The summed E-state index contributed by atoms with van der Waals surface area (Å²) < 4.78 is 41.9. The van der Waals surface area contributed by atoms with Gasteiger partial charge in [-0.2, -0.15) is 23.5 Å². The molecule has 2 atom stereocenters. The van der Waals surface area contributed by atoms with Gasteiger partial charge < -0.3 is 10.2 Å². The molecule has 7 aliphatic rings. The highest BCUT2D eigenvalue weighted by Gasteiger charge is 2.87. The Morgan fingerprint density at radius 3 is 2.29 bits per heavy atom. The number of carbonyl (C=O) groups is 2. The average Bonchev–Trinajstić information content (AvgIpc) is 3.49. The van der Waals surface area contributed by atoms with E-state index < -0.39 is 28.7 Å². The molecule has 4 heterocycles. The number of anilines is 1. The van der Waals surface area contributed by atoms with Crippen molar-refractivity contribution in [2.45, 2.75) is 88.5 Å². The lowest BCUT2D eigenvalue weighted by molar-refractivity contribution is -0.431. The molecule has 9 nitrogen and oxygen atoms in total. The van der Waals surface area contributed by atoms with Crippen LogP contribution in [0.4, 0.5) is 18.9 Å². The van der Waals surface area contributed by atoms with Gasteiger partial charge in [0.1, 0.15) is 5.54 Å². The summed E-state index contributed by atoms with van der Waals surface area (Å²) in [6, 6.07) is 5.78. The molecule has 4 aliphatic carbocycles. The normalized spacial score (nSPS) is 33.0. The number of amides is 2. The Hall–Kier alpha value is -3.43. The maximum atomic E-state index is 13.4. The predicted octanol–water partition coefficient (Wildman–Crippen LogP) is 5.05. The van der Waals surface area contributed by atoms with Crippen LogP contribution in [-0.2, 0) is 21.3 Å². The van der Waals surface area contributed by atoms with Crippen LogP contribution in [-0.4, -0.2) is 87.6 Å². The third-order valence-corrected chi connectivity index (χ3v) is 14.4. The maximum Gasteiger partial charge on any atom is 0.417 e. The van der Waals surface area contributed by atoms with Gasteiger partial charge in [0.2, 0.25) is 5.91 Å². The smallest absolute Gasteiger partial charge is 0.339 e. The number of alkyl halides is 3. The van der Waals surface area contributed by atoms with Crippen molar-refractivity contribution in [1.82, 2.24) is 24.5 Å². The van der Waals surface area contributed by atoms with Crippen molar-refractivity contribution in [3.8, 4) is 6.07 Å². The van der Waals surface area contributed by atoms with Crippen molar-refractivity contribution >= 4 is 17.5 Å². The van der Waals surface area contributed by atoms with E-state index in [0.717, 1.165) is 94.0 Å². The Kier molecular flexibility index (Phi) is 6.79. The molecule has 3 aliphatic heterocycles. The zero-order chi connectivity index (χ0) is 34.1. The van der Waals surface area contributed by atoms with E-state index in [1.165, 1.54) is 31.7 Å². The molecule has 1 spiro atoms. The number of aromatic nitrogens is 2. The molecule has 1 aromatic heterocycles. The Morgan fingerprint density at radius 1 is 1.00 bits per heavy atom. The lowest BCUT2D eigenvalue weighted by Gasteiger charge is -2.91. The predicted molar refractivity (Wildman–Crippen MR) is 174 cm³/mol. The van der Waals surface area contributed by atoms with Crippen LogP contribution < -0.4 is 5.32 Å². The molecule has 4 saturated carbocycles. The van der Waals surface area contributed by atoms with Crippen molar-refractivity contribution in [2.75, 3.05) is 44.6 Å². The number of nitrogens with one attached hydrogen (secondary N) is 1. The number of hydrogen-bond donors (Lipinski definition) is 1. The fourth-order valence-electron chi connectivity index (χ4n) is 11.6. The van der Waals surface area contributed by atoms with Gasteiger partial charge in [-0.3, -0.25) is 24.1 Å². The van der Waals surface area contributed by atoms with Crippen LogP contribution in [0.25, 0.3) is 0 Å². The molecule has 3 saturated heterocycles. The lowest BCUT2D eigenvalue weighted by Crippen LogP contribution is -2.85. The number of benzene rings is 1. The Bertz CT molecular complexity index is 1720. The molecule has 2 unspecified atom stereocenters. The van der Waals surface area contributed by atoms with Crippen LogP contribution in [0.2, 0.25) is 0 Å². The van der Waals surface area contributed by atoms with E-state index in [0.29, 0.717) is 34.7 Å². The quantitative estimate of drug-likeness (QED) is 0.421. The van der Waals surface area contributed by atoms with Gasteiger partial charge in [-0.05, 0) is 124 Å². The first-order chi connectivity index (χ1) is 23.3. The van der Waals surface area contributed by atoms with E-state index in [-0.39, 0.29) is 5.69 Å². The minimum absolute atomic E-state index is 0.0282. The molecule has 7 fully saturated rings. The number of hydrogen-bond acceptors (Lipinski definition) is 6. The van der Waals surface area contributed by atoms with Crippen molar-refractivity contribution in [1.29, 1.82) is 5.26 Å². The Balaban J connectivity index is 0.726. The topological polar surface area (TPSA) is 97.5 Å². The first-order valence-corrected chi connectivity index (χ1v) is 18.1. The highest BCUT2D eigenvalue weighted by atomic mass is 19.4. The second-order valence-electron chi connectivity index (χ2n) is 16.8. The van der Waals surface area contributed by atoms with E-state index in [9.17, 15) is 22.8 Å². The van der Waals surface area contributed by atoms with Crippen molar-refractivity contribution < 1.29 is 22.8 Å². The van der Waals surface area contributed by atoms with Crippen molar-refractivity contribution in [3.05, 3.63) is 47.3 Å². The molecule has 49 heavy (non-hydrogen) atoms. The van der Waals surface area contributed by atoms with Gasteiger partial charge in [-0.1, -0.05) is 0 Å². The standard InChI is InChI=1S/C37H44F3N7O2/c1-34(2,33(49)43-28-4-3-23(15-41)31(11-28)37(38,39)40)47-17-24(16-42-47)22-5-7-44(8-6-22)29-18-45(19-29)30-20-46(21-30)32(48)14-35-12-26-9-25-10-27(13-35)36(25,26)35/h3-4,11,16-17,22,25-27,29-30H,5-10,12-14,18-21H2,1-2H3,(H,43,49). The number of nitrogens with zero attached hydrogens (tertiary/aromatic N) is 6. The Morgan fingerprint density at radius 2 is 1.67 bits per heavy atom. The van der Waals surface area contributed by atoms with Crippen LogP contribution in [0, 0.1) is 39.9 Å². The van der Waals surface area contributed by atoms with Crippen LogP contribution in [0.1, 0.15) is 81.4 Å². The number of carbonyl (C=O) groups excluding carboxylic acids is 2. The molecule has 260 valence electrons. The summed E-state index contributed by atoms with van der Waals surface area (Å²) in [6.07, 6.45) is 7.32. The van der Waals surface area contributed by atoms with Gasteiger partial charge >= 0.3 is 6.18 Å². The summed E-state index contributed by atoms with van der Waals surface area (Å²) in [6.45, 7) is 9.29. The van der Waals surface area contributed by atoms with E-state index in [1.54, 1.807) is 30.8 Å². The first kappa shape index (κ1) is 31.5. The SMILES string of the molecule is CC(C)(C(=O)Nc1ccc(C#N)c(C(F)(F)F)c1)n1cc(C2CCN(C3CN(C4CN(C(=O)CC56CC7CC8CC(C5)C876)C4)C3)CC2)cn1. The molecule has 9 rings (SSSR count). The first-order valence-electron chi connectivity index (χ1n) is 18.1. The molecular formula is C37H44F3N7O2. The van der Waals surface area contributed by atoms with Crippen LogP contribution in [0.15, 0.2) is 30.6 Å². The molecular weight excluding hydrogens is 631 g/mol. The lowest BCUT2D eigenvalue weighted by atomic mass is 9.13. The second-order valence-corrected chi connectivity index (χ2v) is 16.8. The number of likely N-dealkylation sites (tertiary alicyclic amines) is 3. The fourth-order valence-corrected chi connectivity index (χ4v) is 11.6. The number of nitriles is 1. The summed E-state index contributed by atoms with van der Waals surface area (Å²) in [5.74, 6) is 3.11. The maximum absolute atomic E-state index is 13.4. The van der Waals surface area contributed by atoms with E-state index in [1.807, 2.05) is 6.20 Å². The third kappa shape index (κ3) is 4.46. The van der Waals surface area contributed by atoms with Crippen molar-refractivity contribution in [3.63, 3.8) is 0 Å². The van der Waals surface area contributed by atoms with Crippen LogP contribution in [0.5, 0.6) is 0 Å². The van der Waals surface area contributed by atoms with Gasteiger partial charge in [0.15, 0.2) is 0 Å². The summed E-state index contributed by atoms with van der Waals surface area (Å²) in [4.78, 5) is 33.7. The minimum atomic E-state index is -4.71. The Labute approximate surface area is 284 Å². The van der Waals surface area contributed by atoms with Crippen molar-refractivity contribution in [2.24, 2.45) is 28.6 Å². The van der Waals surface area contributed by atoms with Gasteiger partial charge in [0.05, 0.1) is 23.4 Å². The molecule has 2 amide bonds. The number of halogens is 3. The zero-order valence-corrected chi connectivity index (χ0v) is 28.2. The summed E-state index contributed by atoms with van der Waals surface area (Å²) in [5, 5.41) is 16.1. The van der Waals surface area contributed by atoms with Gasteiger partial charge in [0, 0.05) is 56.6 Å². The molecule has 1 aromatic carbocycles. The van der Waals surface area contributed by atoms with Crippen LogP contribution >= 0.6 is 0 Å². The van der Waals surface area contributed by atoms with Gasteiger partial charge in [-0.25, -0.2) is 0 Å². The minimum Gasteiger partial charge on any atom is -0.339 e. The summed E-state index contributed by atoms with van der Waals surface area (Å²) >= 11 is 0. The molecule has 2 aromatic rings. The van der Waals surface area contributed by atoms with E-state index >= 15 is 0 Å². The monoisotopic (exact) mass is 675 g/mol. The molecule has 0 radical (unpaired) electrons. The summed E-state index contributed by atoms with van der Waals surface area (Å²) in [7, 11) is 0. The zero-order valence-electron chi connectivity index (χ0n) is 28.2. The molecule has 12 heteroatoms. The number of rotatable bonds is 8. The molecule has 1 N–H and O–H groups in total. The fraction of sp³-hybridized carbons (Fsp3) is 0.676. The number of piperidine rings is 1. The van der Waals surface area contributed by atoms with Gasteiger partial charge in [0.25, 0.3) is 5.91 Å². The largest absolute Gasteiger partial charge is 0.417 e. The van der Waals surface area contributed by atoms with E-state index in [4.69, 9.17) is 5.26 Å². The highest BCUT2D eigenvalue weighted by molar-refractivity contribution is 5.96. The molecule has 0 bridgehead atoms. The van der Waals surface area contributed by atoms with Gasteiger partial charge in [-0.15, -0.1) is 0 Å². The summed E-state index contributed by atoms with van der Waals surface area (Å²) in [5.41, 5.74) is -0.676. The third-order valence-electron chi connectivity index (χ3n) is 14.4. The van der Waals surface area contributed by atoms with E-state index in [2.05, 4.69) is 25.1 Å².